The topological polar surface area (TPSA) is 79.8 Å². The van der Waals surface area contributed by atoms with E-state index in [4.69, 9.17) is 4.74 Å². The van der Waals surface area contributed by atoms with Crippen LogP contribution in [0.25, 0.3) is 0 Å². The van der Waals surface area contributed by atoms with Gasteiger partial charge >= 0.3 is 0 Å². The van der Waals surface area contributed by atoms with E-state index in [1.807, 2.05) is 19.1 Å². The van der Waals surface area contributed by atoms with Crippen molar-refractivity contribution in [1.29, 1.82) is 0 Å². The molecule has 0 saturated heterocycles. The fraction of sp³-hybridized carbons (Fsp3) is 0.632. The molecule has 0 heterocycles. The summed E-state index contributed by atoms with van der Waals surface area (Å²) in [6.45, 7) is 5.61. The van der Waals surface area contributed by atoms with Crippen LogP contribution >= 0.6 is 0 Å². The van der Waals surface area contributed by atoms with Gasteiger partial charge in [-0.05, 0) is 43.9 Å². The van der Waals surface area contributed by atoms with Crippen LogP contribution < -0.4 is 15.4 Å². The van der Waals surface area contributed by atoms with E-state index in [1.54, 1.807) is 7.05 Å². The standard InChI is InChI=1S/C19H33N3O3S/c1-5-6-14-25-18-9-7-17(8-10-18)11-13-21-19(20-3)22-16(2)12-15-26(4,23)24/h7-10,16H,5-6,11-15H2,1-4H3,(H2,20,21,22). The zero-order valence-electron chi connectivity index (χ0n) is 16.4. The van der Waals surface area contributed by atoms with Gasteiger partial charge in [0.1, 0.15) is 15.6 Å². The Morgan fingerprint density at radius 2 is 1.96 bits per heavy atom. The highest BCUT2D eigenvalue weighted by atomic mass is 32.2. The third-order valence-corrected chi connectivity index (χ3v) is 4.90. The molecule has 148 valence electrons. The van der Waals surface area contributed by atoms with E-state index in [0.29, 0.717) is 12.4 Å². The van der Waals surface area contributed by atoms with Gasteiger partial charge in [0, 0.05) is 25.9 Å². The molecule has 1 aromatic carbocycles. The van der Waals surface area contributed by atoms with Crippen LogP contribution in [0, 0.1) is 0 Å². The van der Waals surface area contributed by atoms with E-state index in [9.17, 15) is 8.42 Å². The number of rotatable bonds is 11. The number of benzene rings is 1. The molecule has 0 aliphatic carbocycles. The average molecular weight is 384 g/mol. The quantitative estimate of drug-likeness (QED) is 0.348. The Kier molecular flexibility index (Phi) is 10.1. The zero-order chi connectivity index (χ0) is 19.4. The molecule has 0 bridgehead atoms. The lowest BCUT2D eigenvalue weighted by Crippen LogP contribution is -2.43. The predicted octanol–water partition coefficient (Wildman–Crippen LogP) is 2.40. The Morgan fingerprint density at radius 1 is 1.27 bits per heavy atom. The van der Waals surface area contributed by atoms with Gasteiger partial charge in [-0.15, -0.1) is 0 Å². The van der Waals surface area contributed by atoms with Gasteiger partial charge in [0.15, 0.2) is 5.96 Å². The van der Waals surface area contributed by atoms with Crippen LogP contribution in [0.5, 0.6) is 5.75 Å². The van der Waals surface area contributed by atoms with Crippen molar-refractivity contribution >= 4 is 15.8 Å². The fourth-order valence-corrected chi connectivity index (χ4v) is 3.08. The minimum atomic E-state index is -2.94. The van der Waals surface area contributed by atoms with E-state index < -0.39 is 9.84 Å². The minimum Gasteiger partial charge on any atom is -0.494 e. The highest BCUT2D eigenvalue weighted by Crippen LogP contribution is 2.12. The summed E-state index contributed by atoms with van der Waals surface area (Å²) in [4.78, 5) is 4.18. The van der Waals surface area contributed by atoms with E-state index in [1.165, 1.54) is 11.8 Å². The average Bonchev–Trinajstić information content (AvgIpc) is 2.60. The lowest BCUT2D eigenvalue weighted by molar-refractivity contribution is 0.309. The third-order valence-electron chi connectivity index (χ3n) is 3.92. The van der Waals surface area contributed by atoms with Gasteiger partial charge in [-0.2, -0.15) is 0 Å². The number of sulfone groups is 1. The number of aliphatic imine (C=N–C) groups is 1. The van der Waals surface area contributed by atoms with Gasteiger partial charge in [0.2, 0.25) is 0 Å². The lowest BCUT2D eigenvalue weighted by atomic mass is 10.1. The second-order valence-electron chi connectivity index (χ2n) is 6.56. The summed E-state index contributed by atoms with van der Waals surface area (Å²) in [7, 11) is -1.23. The molecule has 0 fully saturated rings. The molecule has 1 unspecified atom stereocenters. The van der Waals surface area contributed by atoms with Crippen LogP contribution in [0.2, 0.25) is 0 Å². The van der Waals surface area contributed by atoms with Crippen molar-refractivity contribution in [3.63, 3.8) is 0 Å². The maximum atomic E-state index is 11.2. The summed E-state index contributed by atoms with van der Waals surface area (Å²) in [5, 5.41) is 6.48. The molecule has 26 heavy (non-hydrogen) atoms. The van der Waals surface area contributed by atoms with Crippen LogP contribution in [0.15, 0.2) is 29.3 Å². The molecule has 0 amide bonds. The molecule has 0 aliphatic rings. The first-order valence-electron chi connectivity index (χ1n) is 9.20. The zero-order valence-corrected chi connectivity index (χ0v) is 17.2. The van der Waals surface area contributed by atoms with Crippen LogP contribution in [0.1, 0.15) is 38.7 Å². The number of hydrogen-bond donors (Lipinski definition) is 2. The summed E-state index contributed by atoms with van der Waals surface area (Å²) in [6, 6.07) is 8.20. The van der Waals surface area contributed by atoms with Crippen molar-refractivity contribution < 1.29 is 13.2 Å². The normalized spacial score (nSPS) is 13.3. The number of unbranched alkanes of at least 4 members (excludes halogenated alkanes) is 1. The number of nitrogens with one attached hydrogen (secondary N) is 2. The number of ether oxygens (including phenoxy) is 1. The fourth-order valence-electron chi connectivity index (χ4n) is 2.30. The summed E-state index contributed by atoms with van der Waals surface area (Å²) in [6.07, 6.45) is 4.88. The third kappa shape index (κ3) is 10.3. The monoisotopic (exact) mass is 383 g/mol. The highest BCUT2D eigenvalue weighted by molar-refractivity contribution is 7.90. The molecule has 7 heteroatoms. The van der Waals surface area contributed by atoms with Gasteiger partial charge in [-0.25, -0.2) is 8.42 Å². The van der Waals surface area contributed by atoms with Crippen molar-refractivity contribution in [2.75, 3.05) is 32.2 Å². The maximum Gasteiger partial charge on any atom is 0.191 e. The molecule has 1 rings (SSSR count). The predicted molar refractivity (Wildman–Crippen MR) is 109 cm³/mol. The van der Waals surface area contributed by atoms with Crippen molar-refractivity contribution in [3.8, 4) is 5.75 Å². The summed E-state index contributed by atoms with van der Waals surface area (Å²) in [5.41, 5.74) is 1.22. The molecular weight excluding hydrogens is 350 g/mol. The second-order valence-corrected chi connectivity index (χ2v) is 8.82. The Labute approximate surface area is 158 Å². The first kappa shape index (κ1) is 22.3. The van der Waals surface area contributed by atoms with Gasteiger partial charge in [-0.3, -0.25) is 4.99 Å². The van der Waals surface area contributed by atoms with E-state index in [2.05, 4.69) is 34.7 Å². The molecule has 0 saturated carbocycles. The molecule has 1 aromatic rings. The van der Waals surface area contributed by atoms with E-state index >= 15 is 0 Å². The van der Waals surface area contributed by atoms with Crippen LogP contribution in [0.4, 0.5) is 0 Å². The molecule has 2 N–H and O–H groups in total. The SMILES string of the molecule is CCCCOc1ccc(CCNC(=NC)NC(C)CCS(C)(=O)=O)cc1. The molecular formula is C19H33N3O3S. The highest BCUT2D eigenvalue weighted by Gasteiger charge is 2.09. The van der Waals surface area contributed by atoms with E-state index in [0.717, 1.165) is 38.2 Å². The Morgan fingerprint density at radius 3 is 2.54 bits per heavy atom. The molecule has 0 aliphatic heterocycles. The lowest BCUT2D eigenvalue weighted by Gasteiger charge is -2.17. The summed E-state index contributed by atoms with van der Waals surface area (Å²) >= 11 is 0. The van der Waals surface area contributed by atoms with Crippen molar-refractivity contribution in [1.82, 2.24) is 10.6 Å². The Balaban J connectivity index is 2.33. The van der Waals surface area contributed by atoms with Crippen molar-refractivity contribution in [2.45, 2.75) is 45.6 Å². The Hall–Kier alpha value is -1.76. The molecule has 6 nitrogen and oxygen atoms in total. The van der Waals surface area contributed by atoms with Gasteiger partial charge < -0.3 is 15.4 Å². The maximum absolute atomic E-state index is 11.2. The van der Waals surface area contributed by atoms with Crippen molar-refractivity contribution in [2.24, 2.45) is 4.99 Å². The molecule has 0 aromatic heterocycles. The minimum absolute atomic E-state index is 0.0375. The number of hydrogen-bond acceptors (Lipinski definition) is 4. The number of nitrogens with zero attached hydrogens (tertiary/aromatic N) is 1. The van der Waals surface area contributed by atoms with Crippen molar-refractivity contribution in [3.05, 3.63) is 29.8 Å². The van der Waals surface area contributed by atoms with Gasteiger partial charge in [0.05, 0.1) is 12.4 Å². The number of guanidine groups is 1. The van der Waals surface area contributed by atoms with Gasteiger partial charge in [0.25, 0.3) is 0 Å². The summed E-state index contributed by atoms with van der Waals surface area (Å²) < 4.78 is 28.1. The smallest absolute Gasteiger partial charge is 0.191 e. The molecule has 0 radical (unpaired) electrons. The van der Waals surface area contributed by atoms with Gasteiger partial charge in [-0.1, -0.05) is 25.5 Å². The first-order chi connectivity index (χ1) is 12.3. The second kappa shape index (κ2) is 11.8. The van der Waals surface area contributed by atoms with Crippen LogP contribution in [-0.4, -0.2) is 52.6 Å². The molecule has 1 atom stereocenters. The Bertz CT molecular complexity index is 642. The molecule has 0 spiro atoms. The largest absolute Gasteiger partial charge is 0.494 e. The summed E-state index contributed by atoms with van der Waals surface area (Å²) in [5.74, 6) is 1.77. The van der Waals surface area contributed by atoms with Crippen LogP contribution in [-0.2, 0) is 16.3 Å². The van der Waals surface area contributed by atoms with E-state index in [-0.39, 0.29) is 11.8 Å². The van der Waals surface area contributed by atoms with Crippen LogP contribution in [0.3, 0.4) is 0 Å². The first-order valence-corrected chi connectivity index (χ1v) is 11.3.